The van der Waals surface area contributed by atoms with Crippen LogP contribution in [0.1, 0.15) is 46.1 Å². The van der Waals surface area contributed by atoms with Crippen LogP contribution in [-0.4, -0.2) is 49.4 Å². The Balaban J connectivity index is 1.77. The van der Waals surface area contributed by atoms with Gasteiger partial charge in [0.1, 0.15) is 6.61 Å². The molecule has 1 aliphatic heterocycles. The minimum atomic E-state index is -0.256. The van der Waals surface area contributed by atoms with Crippen LogP contribution < -0.4 is 5.32 Å². The van der Waals surface area contributed by atoms with Crippen molar-refractivity contribution in [3.63, 3.8) is 0 Å². The largest absolute Gasteiger partial charge is 0.445 e. The molecule has 5 nitrogen and oxygen atoms in total. The van der Waals surface area contributed by atoms with E-state index in [1.54, 1.807) is 4.90 Å². The number of hydrogen-bond acceptors (Lipinski definition) is 4. The summed E-state index contributed by atoms with van der Waals surface area (Å²) in [5, 5.41) is 3.67. The summed E-state index contributed by atoms with van der Waals surface area (Å²) in [6.45, 7) is 11.9. The zero-order chi connectivity index (χ0) is 19.6. The van der Waals surface area contributed by atoms with Gasteiger partial charge >= 0.3 is 6.09 Å². The third-order valence-electron chi connectivity index (χ3n) is 4.75. The van der Waals surface area contributed by atoms with E-state index in [1.807, 2.05) is 30.3 Å². The Morgan fingerprint density at radius 3 is 2.48 bits per heavy atom. The fourth-order valence-corrected chi connectivity index (χ4v) is 3.52. The van der Waals surface area contributed by atoms with Gasteiger partial charge in [-0.2, -0.15) is 0 Å². The minimum absolute atomic E-state index is 0.0184. The van der Waals surface area contributed by atoms with E-state index in [2.05, 4.69) is 33.0 Å². The molecule has 27 heavy (non-hydrogen) atoms. The molecule has 152 valence electrons. The van der Waals surface area contributed by atoms with Crippen LogP contribution in [0.15, 0.2) is 30.3 Å². The second-order valence-electron chi connectivity index (χ2n) is 8.34. The fraction of sp³-hybridized carbons (Fsp3) is 0.682. The first-order valence-corrected chi connectivity index (χ1v) is 10.2. The number of morpholine rings is 1. The maximum atomic E-state index is 12.4. The molecule has 1 aromatic carbocycles. The van der Waals surface area contributed by atoms with E-state index in [0.29, 0.717) is 44.2 Å². The second kappa shape index (κ2) is 11.3. The summed E-state index contributed by atoms with van der Waals surface area (Å²) in [4.78, 5) is 14.1. The number of carbonyl (C=O) groups excluding carboxylic acids is 1. The van der Waals surface area contributed by atoms with Crippen molar-refractivity contribution < 1.29 is 14.3 Å². The normalized spacial score (nSPS) is 17.7. The zero-order valence-corrected chi connectivity index (χ0v) is 17.3. The van der Waals surface area contributed by atoms with E-state index in [1.165, 1.54) is 0 Å². The molecule has 1 aromatic rings. The number of ether oxygens (including phenoxy) is 2. The van der Waals surface area contributed by atoms with Crippen molar-refractivity contribution >= 4 is 6.09 Å². The van der Waals surface area contributed by atoms with Crippen LogP contribution in [0, 0.1) is 11.8 Å². The summed E-state index contributed by atoms with van der Waals surface area (Å²) in [6, 6.07) is 10.3. The smallest absolute Gasteiger partial charge is 0.410 e. The van der Waals surface area contributed by atoms with E-state index in [9.17, 15) is 4.79 Å². The van der Waals surface area contributed by atoms with Gasteiger partial charge in [0.15, 0.2) is 0 Å². The zero-order valence-electron chi connectivity index (χ0n) is 17.3. The van der Waals surface area contributed by atoms with Crippen LogP contribution in [0.5, 0.6) is 0 Å². The molecule has 0 spiro atoms. The van der Waals surface area contributed by atoms with E-state index < -0.39 is 0 Å². The lowest BCUT2D eigenvalue weighted by Gasteiger charge is -2.33. The van der Waals surface area contributed by atoms with Crippen LogP contribution in [0.4, 0.5) is 4.79 Å². The van der Waals surface area contributed by atoms with E-state index in [0.717, 1.165) is 24.9 Å². The quantitative estimate of drug-likeness (QED) is 0.706. The molecule has 0 radical (unpaired) electrons. The summed E-state index contributed by atoms with van der Waals surface area (Å²) in [6.07, 6.45) is 2.08. The van der Waals surface area contributed by atoms with Gasteiger partial charge in [-0.1, -0.05) is 58.0 Å². The van der Waals surface area contributed by atoms with Crippen LogP contribution >= 0.6 is 0 Å². The third kappa shape index (κ3) is 8.31. The van der Waals surface area contributed by atoms with Gasteiger partial charge in [-0.15, -0.1) is 0 Å². The summed E-state index contributed by atoms with van der Waals surface area (Å²) < 4.78 is 11.3. The Morgan fingerprint density at radius 1 is 1.19 bits per heavy atom. The first kappa shape index (κ1) is 21.7. The van der Waals surface area contributed by atoms with Gasteiger partial charge in [0.05, 0.1) is 19.3 Å². The molecule has 1 atom stereocenters. The van der Waals surface area contributed by atoms with Crippen molar-refractivity contribution in [3.8, 4) is 0 Å². The van der Waals surface area contributed by atoms with Crippen molar-refractivity contribution in [1.82, 2.24) is 10.2 Å². The highest BCUT2D eigenvalue weighted by atomic mass is 16.6. The lowest BCUT2D eigenvalue weighted by Crippen LogP contribution is -2.50. The van der Waals surface area contributed by atoms with Crippen molar-refractivity contribution in [1.29, 1.82) is 0 Å². The average molecular weight is 377 g/mol. The number of carbonyl (C=O) groups is 1. The lowest BCUT2D eigenvalue weighted by molar-refractivity contribution is -0.0284. The molecular formula is C22H36N2O3. The monoisotopic (exact) mass is 376 g/mol. The highest BCUT2D eigenvalue weighted by molar-refractivity contribution is 5.67. The van der Waals surface area contributed by atoms with Crippen LogP contribution in [-0.2, 0) is 16.1 Å². The molecule has 1 N–H and O–H groups in total. The maximum Gasteiger partial charge on any atom is 0.410 e. The van der Waals surface area contributed by atoms with E-state index in [4.69, 9.17) is 9.47 Å². The third-order valence-corrected chi connectivity index (χ3v) is 4.75. The number of hydrogen-bond donors (Lipinski definition) is 1. The number of rotatable bonds is 9. The summed E-state index contributed by atoms with van der Waals surface area (Å²) in [5.41, 5.74) is 1.00. The Labute approximate surface area is 164 Å². The number of nitrogens with one attached hydrogen (secondary N) is 1. The predicted molar refractivity (Wildman–Crippen MR) is 109 cm³/mol. The van der Waals surface area contributed by atoms with Gasteiger partial charge in [0.2, 0.25) is 0 Å². The van der Waals surface area contributed by atoms with Gasteiger partial charge in [-0.05, 0) is 30.2 Å². The molecule has 1 saturated heterocycles. The minimum Gasteiger partial charge on any atom is -0.445 e. The molecule has 0 aliphatic carbocycles. The molecule has 1 unspecified atom stereocenters. The van der Waals surface area contributed by atoms with E-state index in [-0.39, 0.29) is 12.2 Å². The van der Waals surface area contributed by atoms with Crippen molar-refractivity contribution in [2.24, 2.45) is 11.8 Å². The Morgan fingerprint density at radius 2 is 1.85 bits per heavy atom. The maximum absolute atomic E-state index is 12.4. The molecule has 0 aromatic heterocycles. The molecule has 5 heteroatoms. The van der Waals surface area contributed by atoms with Gasteiger partial charge in [-0.3, -0.25) is 0 Å². The SMILES string of the molecule is CC(C)CC(CC(C)C)NCC1CN(C(=O)OCc2ccccc2)CCO1. The molecule has 1 heterocycles. The number of benzene rings is 1. The van der Waals surface area contributed by atoms with Crippen LogP contribution in [0.2, 0.25) is 0 Å². The predicted octanol–water partition coefficient (Wildman–Crippen LogP) is 4.07. The number of amides is 1. The topological polar surface area (TPSA) is 50.8 Å². The molecule has 1 fully saturated rings. The highest BCUT2D eigenvalue weighted by Crippen LogP contribution is 2.14. The average Bonchev–Trinajstić information content (AvgIpc) is 2.64. The van der Waals surface area contributed by atoms with Crippen molar-refractivity contribution in [2.75, 3.05) is 26.2 Å². The van der Waals surface area contributed by atoms with Crippen molar-refractivity contribution in [2.45, 2.75) is 59.3 Å². The summed E-state index contributed by atoms with van der Waals surface area (Å²) >= 11 is 0. The highest BCUT2D eigenvalue weighted by Gasteiger charge is 2.26. The first-order valence-electron chi connectivity index (χ1n) is 10.2. The van der Waals surface area contributed by atoms with Gasteiger partial charge in [-0.25, -0.2) is 4.79 Å². The molecule has 1 amide bonds. The number of nitrogens with zero attached hydrogens (tertiary/aromatic N) is 1. The summed E-state index contributed by atoms with van der Waals surface area (Å²) in [5.74, 6) is 1.33. The van der Waals surface area contributed by atoms with Gasteiger partial charge < -0.3 is 19.7 Å². The van der Waals surface area contributed by atoms with E-state index >= 15 is 0 Å². The van der Waals surface area contributed by atoms with Crippen molar-refractivity contribution in [3.05, 3.63) is 35.9 Å². The molecule has 0 saturated carbocycles. The lowest BCUT2D eigenvalue weighted by atomic mass is 9.95. The summed E-state index contributed by atoms with van der Waals surface area (Å²) in [7, 11) is 0. The van der Waals surface area contributed by atoms with Gasteiger partial charge in [0, 0.05) is 19.1 Å². The molecule has 1 aliphatic rings. The molecule has 0 bridgehead atoms. The van der Waals surface area contributed by atoms with Crippen LogP contribution in [0.25, 0.3) is 0 Å². The van der Waals surface area contributed by atoms with Gasteiger partial charge in [0.25, 0.3) is 0 Å². The fourth-order valence-electron chi connectivity index (χ4n) is 3.52. The first-order chi connectivity index (χ1) is 12.9. The Bertz CT molecular complexity index is 538. The second-order valence-corrected chi connectivity index (χ2v) is 8.34. The standard InChI is InChI=1S/C22H36N2O3/c1-17(2)12-20(13-18(3)4)23-14-21-15-24(10-11-26-21)22(25)27-16-19-8-6-5-7-9-19/h5-9,17-18,20-21,23H,10-16H2,1-4H3. The molecule has 2 rings (SSSR count). The Hall–Kier alpha value is -1.59. The van der Waals surface area contributed by atoms with Crippen LogP contribution in [0.3, 0.4) is 0 Å². The Kier molecular flexibility index (Phi) is 9.08. The molecular weight excluding hydrogens is 340 g/mol.